The van der Waals surface area contributed by atoms with Gasteiger partial charge in [-0.1, -0.05) is 12.1 Å². The first-order chi connectivity index (χ1) is 28.8. The second-order valence-corrected chi connectivity index (χ2v) is 12.6. The molecule has 0 saturated carbocycles. The number of carboxylic acid groups (broad SMARTS) is 4. The molecule has 9 N–H and O–H groups in total. The molecule has 2 aromatic heterocycles. The summed E-state index contributed by atoms with van der Waals surface area (Å²) in [4.78, 5) is 86.6. The van der Waals surface area contributed by atoms with E-state index in [9.17, 15) is 49.2 Å². The fraction of sp³-hybridized carbons (Fsp3) is 0.400. The number of carbonyl (C=O) groups excluding carboxylic acids is 2. The first-order valence-electron chi connectivity index (χ1n) is 17.2. The molecular formula is C35H43N9O15ReS. The number of rotatable bonds is 26. The van der Waals surface area contributed by atoms with Crippen molar-refractivity contribution in [2.75, 3.05) is 13.1 Å². The summed E-state index contributed by atoms with van der Waals surface area (Å²) < 4.78 is 30.0. The van der Waals surface area contributed by atoms with Gasteiger partial charge in [0.2, 0.25) is 5.91 Å². The summed E-state index contributed by atoms with van der Waals surface area (Å²) in [6.45, 7) is 13.8. The summed E-state index contributed by atoms with van der Waals surface area (Å²) in [6.07, 6.45) is 6.68. The van der Waals surface area contributed by atoms with E-state index in [1.807, 2.05) is 17.0 Å². The van der Waals surface area contributed by atoms with Gasteiger partial charge in [-0.15, -0.1) is 9.32 Å². The van der Waals surface area contributed by atoms with Crippen molar-refractivity contribution in [3.05, 3.63) is 86.2 Å². The molecule has 61 heavy (non-hydrogen) atoms. The normalized spacial score (nSPS) is 10.9. The number of aromatic nitrogens is 4. The first-order valence-corrected chi connectivity index (χ1v) is 17.9. The zero-order valence-corrected chi connectivity index (χ0v) is 35.7. The van der Waals surface area contributed by atoms with Gasteiger partial charge in [-0.3, -0.25) is 19.3 Å². The second-order valence-electron chi connectivity index (χ2n) is 11.9. The van der Waals surface area contributed by atoms with Crippen LogP contribution in [0.2, 0.25) is 0 Å². The summed E-state index contributed by atoms with van der Waals surface area (Å²) in [7, 11) is 0. The Kier molecular flexibility index (Phi) is 32.1. The summed E-state index contributed by atoms with van der Waals surface area (Å²) in [6, 6.07) is 3.33. The van der Waals surface area contributed by atoms with Gasteiger partial charge in [0, 0.05) is 63.1 Å². The van der Waals surface area contributed by atoms with Gasteiger partial charge in [0.05, 0.1) is 25.1 Å². The van der Waals surface area contributed by atoms with Crippen LogP contribution in [0.25, 0.3) is 0 Å². The van der Waals surface area contributed by atoms with Crippen molar-refractivity contribution in [3.8, 4) is 0 Å². The SMILES string of the molecule is NOOSc1ccc(CCNC(=O)CC[C@H](NC(=O)N[C@@H](CCCCN(Cc2nccn2CC(=O)O)Cc2nccn2CC(=O)O)C(=O)O)C(=O)O)cc1.[C-]#[O+].[C-]#[O+].[C-]#[O+].[Re]. The first kappa shape index (κ1) is 57.4. The molecule has 1 radical (unpaired) electrons. The third kappa shape index (κ3) is 24.3. The summed E-state index contributed by atoms with van der Waals surface area (Å²) in [5, 5.41) is 45.1. The molecular weight excluding hydrogens is 1000 g/mol. The Labute approximate surface area is 366 Å². The van der Waals surface area contributed by atoms with E-state index in [4.69, 9.17) is 19.9 Å². The Bertz CT molecular complexity index is 1780. The number of hydrogen-bond donors (Lipinski definition) is 8. The summed E-state index contributed by atoms with van der Waals surface area (Å²) >= 11 is 0.926. The molecule has 331 valence electrons. The van der Waals surface area contributed by atoms with E-state index in [1.165, 1.54) is 33.9 Å². The minimum absolute atomic E-state index is 0. The fourth-order valence-electron chi connectivity index (χ4n) is 5.21. The number of nitrogens with zero attached hydrogens (tertiary/aromatic N) is 5. The monoisotopic (exact) mass is 1050 g/mol. The Morgan fingerprint density at radius 1 is 0.787 bits per heavy atom. The van der Waals surface area contributed by atoms with Gasteiger partial charge < -0.3 is 45.5 Å². The van der Waals surface area contributed by atoms with Crippen LogP contribution in [0.1, 0.15) is 49.3 Å². The van der Waals surface area contributed by atoms with Crippen LogP contribution in [0.3, 0.4) is 0 Å². The van der Waals surface area contributed by atoms with Crippen molar-refractivity contribution in [1.82, 2.24) is 40.0 Å². The predicted octanol–water partition coefficient (Wildman–Crippen LogP) is 0.480. The third-order valence-corrected chi connectivity index (χ3v) is 8.47. The van der Waals surface area contributed by atoms with Crippen LogP contribution in [0.4, 0.5) is 4.79 Å². The number of benzene rings is 1. The molecule has 3 rings (SSSR count). The van der Waals surface area contributed by atoms with E-state index < -0.39 is 47.9 Å². The van der Waals surface area contributed by atoms with E-state index >= 15 is 0 Å². The Morgan fingerprint density at radius 3 is 1.74 bits per heavy atom. The van der Waals surface area contributed by atoms with Crippen LogP contribution in [0.5, 0.6) is 0 Å². The molecule has 0 aliphatic rings. The molecule has 2 atom stereocenters. The number of carboxylic acids is 4. The molecule has 0 aliphatic heterocycles. The molecule has 0 fully saturated rings. The molecule has 24 nitrogen and oxygen atoms in total. The van der Waals surface area contributed by atoms with Gasteiger partial charge >= 0.3 is 63.8 Å². The Balaban J connectivity index is 0. The van der Waals surface area contributed by atoms with Crippen LogP contribution in [0.15, 0.2) is 53.9 Å². The smallest absolute Gasteiger partial charge is 0 e. The maximum Gasteiger partial charge on any atom is 0 e. The number of carbonyl (C=O) groups is 6. The van der Waals surface area contributed by atoms with Gasteiger partial charge in [-0.25, -0.2) is 24.4 Å². The molecule has 0 unspecified atom stereocenters. The molecule has 0 spiro atoms. The number of hydrogen-bond acceptors (Lipinski definition) is 13. The molecule has 0 aliphatic carbocycles. The maximum absolute atomic E-state index is 12.7. The van der Waals surface area contributed by atoms with Gasteiger partial charge in [-0.05, 0) is 56.3 Å². The van der Waals surface area contributed by atoms with Crippen LogP contribution >= 0.6 is 12.0 Å². The average molecular weight is 1050 g/mol. The fourth-order valence-corrected chi connectivity index (χ4v) is 5.58. The molecule has 0 bridgehead atoms. The quantitative estimate of drug-likeness (QED) is 0.0135. The van der Waals surface area contributed by atoms with E-state index in [2.05, 4.69) is 55.2 Å². The number of imidazole rings is 2. The molecule has 0 saturated heterocycles. The van der Waals surface area contributed by atoms with E-state index in [0.29, 0.717) is 37.5 Å². The average Bonchev–Trinajstić information content (AvgIpc) is 3.86. The number of unbranched alkanes of at least 4 members (excludes halogenated alkanes) is 1. The standard InChI is InChI=1S/C32H43N9O12S.3CO.Re/c33-52-53-54-22-6-4-21(5-7-22)10-11-36-27(42)9-8-24(31(49)50)38-32(51)37-23(30(47)48)3-1-2-14-39(17-25-34-12-15-40(25)19-28(43)44)18-26-35-13-16-41(26)20-29(45)46;3*1-2;/h4-7,12-13,15-16,23-24H,1-3,8-11,14,17-20,33H2,(H,36,42)(H,43,44)(H,45,46)(H,47,48)(H,49,50)(H2,37,38,51);;;;/t23-,24-;;;;/m0..../s1. The van der Waals surface area contributed by atoms with Crippen LogP contribution < -0.4 is 21.8 Å². The summed E-state index contributed by atoms with van der Waals surface area (Å²) in [5.41, 5.74) is 0.919. The van der Waals surface area contributed by atoms with Crippen molar-refractivity contribution in [1.29, 1.82) is 0 Å². The van der Waals surface area contributed by atoms with Gasteiger partial charge in [0.25, 0.3) is 0 Å². The maximum atomic E-state index is 12.7. The third-order valence-electron chi connectivity index (χ3n) is 7.86. The summed E-state index contributed by atoms with van der Waals surface area (Å²) in [5.74, 6) is 0.379. The number of urea groups is 1. The number of aliphatic carboxylic acids is 4. The van der Waals surface area contributed by atoms with Crippen LogP contribution in [-0.2, 0) is 100 Å². The molecule has 1 aromatic carbocycles. The Morgan fingerprint density at radius 2 is 1.28 bits per heavy atom. The molecule has 26 heteroatoms. The van der Waals surface area contributed by atoms with Crippen molar-refractivity contribution >= 4 is 47.9 Å². The van der Waals surface area contributed by atoms with Crippen molar-refractivity contribution < 1.29 is 92.9 Å². The number of nitrogens with one attached hydrogen (secondary N) is 3. The Hall–Kier alpha value is -5.67. The molecule has 3 amide bonds. The van der Waals surface area contributed by atoms with E-state index in [1.54, 1.807) is 12.1 Å². The second kappa shape index (κ2) is 34.1. The van der Waals surface area contributed by atoms with E-state index in [-0.39, 0.29) is 72.4 Å². The predicted molar refractivity (Wildman–Crippen MR) is 199 cm³/mol. The van der Waals surface area contributed by atoms with Crippen molar-refractivity contribution in [2.45, 2.75) is 81.7 Å². The minimum atomic E-state index is -1.47. The van der Waals surface area contributed by atoms with Gasteiger partial charge in [-0.2, -0.15) is 5.90 Å². The molecule has 2 heterocycles. The number of amides is 3. The number of nitrogens with two attached hydrogens (primary N) is 1. The zero-order chi connectivity index (χ0) is 45.5. The van der Waals surface area contributed by atoms with Crippen molar-refractivity contribution in [3.63, 3.8) is 0 Å². The van der Waals surface area contributed by atoms with Crippen molar-refractivity contribution in [2.24, 2.45) is 5.90 Å². The topological polar surface area (TPSA) is 362 Å². The minimum Gasteiger partial charge on any atom is 0 e. The van der Waals surface area contributed by atoms with E-state index in [0.717, 1.165) is 22.5 Å². The largest absolute Gasteiger partial charge is 0 e. The van der Waals surface area contributed by atoms with Crippen LogP contribution in [-0.4, -0.2) is 105 Å². The van der Waals surface area contributed by atoms with Gasteiger partial charge in [0.15, 0.2) is 0 Å². The van der Waals surface area contributed by atoms with Gasteiger partial charge in [0.1, 0.15) is 36.8 Å². The zero-order valence-electron chi connectivity index (χ0n) is 32.1. The molecule has 3 aromatic rings. The van der Waals surface area contributed by atoms with Crippen LogP contribution in [0, 0.1) is 20.0 Å².